The highest BCUT2D eigenvalue weighted by Crippen LogP contribution is 2.29. The molecule has 4 rings (SSSR count). The van der Waals surface area contributed by atoms with Gasteiger partial charge in [0.1, 0.15) is 0 Å². The van der Waals surface area contributed by atoms with Crippen LogP contribution in [-0.2, 0) is 0 Å². The SMILES string of the molecule is CSc1ncc2c(N(C(=O)c3ccccc3)C(=O)c3ccccc3)ncc(I)c2n1. The Morgan fingerprint density at radius 2 is 1.43 bits per heavy atom. The lowest BCUT2D eigenvalue weighted by Gasteiger charge is -2.22. The zero-order valence-corrected chi connectivity index (χ0v) is 18.8. The zero-order chi connectivity index (χ0) is 21.1. The molecular weight excluding hydrogens is 511 g/mol. The summed E-state index contributed by atoms with van der Waals surface area (Å²) in [6, 6.07) is 17.3. The monoisotopic (exact) mass is 526 g/mol. The van der Waals surface area contributed by atoms with Crippen molar-refractivity contribution >= 4 is 62.9 Å². The number of pyridine rings is 1. The van der Waals surface area contributed by atoms with Crippen LogP contribution >= 0.6 is 34.4 Å². The minimum absolute atomic E-state index is 0.209. The number of benzene rings is 2. The molecule has 0 N–H and O–H groups in total. The van der Waals surface area contributed by atoms with Crippen LogP contribution in [0.1, 0.15) is 20.7 Å². The Labute approximate surface area is 190 Å². The number of halogens is 1. The summed E-state index contributed by atoms with van der Waals surface area (Å²) in [4.78, 5) is 41.3. The lowest BCUT2D eigenvalue weighted by Crippen LogP contribution is -2.38. The number of amides is 2. The van der Waals surface area contributed by atoms with Crippen molar-refractivity contribution in [2.75, 3.05) is 11.2 Å². The summed E-state index contributed by atoms with van der Waals surface area (Å²) in [6.07, 6.45) is 5.11. The third-order valence-corrected chi connectivity index (χ3v) is 5.73. The fourth-order valence-electron chi connectivity index (χ4n) is 2.94. The summed E-state index contributed by atoms with van der Waals surface area (Å²) < 4.78 is 0.809. The van der Waals surface area contributed by atoms with Gasteiger partial charge in [0.25, 0.3) is 11.8 Å². The molecule has 0 atom stereocenters. The number of anilines is 1. The van der Waals surface area contributed by atoms with E-state index in [1.807, 2.05) is 18.4 Å². The van der Waals surface area contributed by atoms with Crippen LogP contribution in [-0.4, -0.2) is 33.0 Å². The van der Waals surface area contributed by atoms with Crippen LogP contribution in [0.4, 0.5) is 5.82 Å². The van der Waals surface area contributed by atoms with Crippen LogP contribution < -0.4 is 4.90 Å². The predicted octanol–water partition coefficient (Wildman–Crippen LogP) is 4.84. The Hall–Kier alpha value is -2.85. The molecule has 0 saturated heterocycles. The van der Waals surface area contributed by atoms with Gasteiger partial charge in [-0.2, -0.15) is 0 Å². The molecule has 0 aliphatic rings. The van der Waals surface area contributed by atoms with E-state index in [-0.39, 0.29) is 5.82 Å². The highest BCUT2D eigenvalue weighted by Gasteiger charge is 2.29. The van der Waals surface area contributed by atoms with Gasteiger partial charge in [-0.15, -0.1) is 0 Å². The molecule has 0 fully saturated rings. The summed E-state index contributed by atoms with van der Waals surface area (Å²) in [5.41, 5.74) is 1.42. The van der Waals surface area contributed by atoms with Crippen LogP contribution in [0.15, 0.2) is 78.2 Å². The second-order valence-corrected chi connectivity index (χ2v) is 8.16. The zero-order valence-electron chi connectivity index (χ0n) is 15.8. The molecule has 0 unspecified atom stereocenters. The molecule has 2 aromatic heterocycles. The van der Waals surface area contributed by atoms with E-state index in [0.29, 0.717) is 27.2 Å². The van der Waals surface area contributed by atoms with Gasteiger partial charge in [0.05, 0.1) is 14.5 Å². The van der Waals surface area contributed by atoms with Gasteiger partial charge in [-0.05, 0) is 53.1 Å². The summed E-state index contributed by atoms with van der Waals surface area (Å²) in [6.45, 7) is 0. The van der Waals surface area contributed by atoms with Crippen LogP contribution in [0.3, 0.4) is 0 Å². The minimum Gasteiger partial charge on any atom is -0.268 e. The Balaban J connectivity index is 1.93. The van der Waals surface area contributed by atoms with Gasteiger partial charge in [0.2, 0.25) is 0 Å². The fraction of sp³-hybridized carbons (Fsp3) is 0.0455. The van der Waals surface area contributed by atoms with Crippen LogP contribution in [0.25, 0.3) is 10.9 Å². The largest absolute Gasteiger partial charge is 0.268 e. The van der Waals surface area contributed by atoms with E-state index >= 15 is 0 Å². The molecule has 30 heavy (non-hydrogen) atoms. The van der Waals surface area contributed by atoms with E-state index in [1.165, 1.54) is 11.8 Å². The first-order valence-corrected chi connectivity index (χ1v) is 11.2. The average Bonchev–Trinajstić information content (AvgIpc) is 2.81. The van der Waals surface area contributed by atoms with Crippen molar-refractivity contribution in [3.05, 3.63) is 87.8 Å². The molecule has 0 aliphatic carbocycles. The number of carbonyl (C=O) groups excluding carboxylic acids is 2. The van der Waals surface area contributed by atoms with Gasteiger partial charge < -0.3 is 0 Å². The highest BCUT2D eigenvalue weighted by atomic mass is 127. The van der Waals surface area contributed by atoms with E-state index in [2.05, 4.69) is 37.5 Å². The smallest absolute Gasteiger partial charge is 0.266 e. The van der Waals surface area contributed by atoms with Crippen molar-refractivity contribution in [1.29, 1.82) is 0 Å². The van der Waals surface area contributed by atoms with Gasteiger partial charge in [0, 0.05) is 23.5 Å². The van der Waals surface area contributed by atoms with Crippen LogP contribution in [0.5, 0.6) is 0 Å². The lowest BCUT2D eigenvalue weighted by atomic mass is 10.1. The number of nitrogens with zero attached hydrogens (tertiary/aromatic N) is 4. The molecular formula is C22H15IN4O2S. The number of hydrogen-bond donors (Lipinski definition) is 0. The van der Waals surface area contributed by atoms with E-state index < -0.39 is 11.8 Å². The molecule has 2 amide bonds. The second-order valence-electron chi connectivity index (χ2n) is 6.23. The van der Waals surface area contributed by atoms with Gasteiger partial charge in [-0.3, -0.25) is 9.59 Å². The van der Waals surface area contributed by atoms with Crippen molar-refractivity contribution < 1.29 is 9.59 Å². The summed E-state index contributed by atoms with van der Waals surface area (Å²) >= 11 is 3.56. The standard InChI is InChI=1S/C22H15IN4O2S/c1-30-22-25-12-16-18(26-22)17(23)13-24-19(16)27(20(28)14-8-4-2-5-9-14)21(29)15-10-6-3-7-11-15/h2-13H,1H3. The Morgan fingerprint density at radius 1 is 0.867 bits per heavy atom. The Kier molecular flexibility index (Phi) is 6.05. The minimum atomic E-state index is -0.464. The number of carbonyl (C=O) groups is 2. The number of thioether (sulfide) groups is 1. The summed E-state index contributed by atoms with van der Waals surface area (Å²) in [5, 5.41) is 1.14. The van der Waals surface area contributed by atoms with E-state index in [1.54, 1.807) is 60.9 Å². The van der Waals surface area contributed by atoms with Crippen molar-refractivity contribution in [3.8, 4) is 0 Å². The Morgan fingerprint density at radius 3 is 1.97 bits per heavy atom. The fourth-order valence-corrected chi connectivity index (χ4v) is 3.83. The lowest BCUT2D eigenvalue weighted by molar-refractivity contribution is 0.0897. The predicted molar refractivity (Wildman–Crippen MR) is 126 cm³/mol. The van der Waals surface area contributed by atoms with E-state index in [9.17, 15) is 9.59 Å². The summed E-state index contributed by atoms with van der Waals surface area (Å²) in [7, 11) is 0. The molecule has 0 spiro atoms. The summed E-state index contributed by atoms with van der Waals surface area (Å²) in [5.74, 6) is -0.720. The molecule has 4 aromatic rings. The molecule has 0 bridgehead atoms. The molecule has 2 heterocycles. The van der Waals surface area contributed by atoms with Gasteiger partial charge in [-0.25, -0.2) is 19.9 Å². The van der Waals surface area contributed by atoms with E-state index in [4.69, 9.17) is 0 Å². The van der Waals surface area contributed by atoms with Crippen molar-refractivity contribution in [2.24, 2.45) is 0 Å². The number of rotatable bonds is 4. The quantitative estimate of drug-likeness (QED) is 0.164. The highest BCUT2D eigenvalue weighted by molar-refractivity contribution is 14.1. The third-order valence-electron chi connectivity index (χ3n) is 4.38. The number of imide groups is 1. The van der Waals surface area contributed by atoms with Crippen molar-refractivity contribution in [2.45, 2.75) is 5.16 Å². The molecule has 0 aliphatic heterocycles. The van der Waals surface area contributed by atoms with Crippen LogP contribution in [0, 0.1) is 3.57 Å². The van der Waals surface area contributed by atoms with Crippen molar-refractivity contribution in [1.82, 2.24) is 15.0 Å². The number of hydrogen-bond acceptors (Lipinski definition) is 6. The molecule has 2 aromatic carbocycles. The maximum Gasteiger partial charge on any atom is 0.266 e. The topological polar surface area (TPSA) is 76.1 Å². The maximum atomic E-state index is 13.4. The van der Waals surface area contributed by atoms with E-state index in [0.717, 1.165) is 8.47 Å². The first-order chi connectivity index (χ1) is 14.6. The molecule has 148 valence electrons. The molecule has 0 saturated carbocycles. The normalized spacial score (nSPS) is 10.7. The van der Waals surface area contributed by atoms with Gasteiger partial charge in [-0.1, -0.05) is 48.2 Å². The van der Waals surface area contributed by atoms with Crippen molar-refractivity contribution in [3.63, 3.8) is 0 Å². The first kappa shape index (κ1) is 20.4. The molecule has 6 nitrogen and oxygen atoms in total. The number of fused-ring (bicyclic) bond motifs is 1. The average molecular weight is 526 g/mol. The molecule has 8 heteroatoms. The number of aromatic nitrogens is 3. The third kappa shape index (κ3) is 3.92. The molecule has 0 radical (unpaired) electrons. The van der Waals surface area contributed by atoms with Crippen LogP contribution in [0.2, 0.25) is 0 Å². The maximum absolute atomic E-state index is 13.4. The van der Waals surface area contributed by atoms with Gasteiger partial charge >= 0.3 is 0 Å². The van der Waals surface area contributed by atoms with Gasteiger partial charge in [0.15, 0.2) is 11.0 Å². The Bertz CT molecular complexity index is 1180. The second kappa shape index (κ2) is 8.88. The first-order valence-electron chi connectivity index (χ1n) is 8.94.